The van der Waals surface area contributed by atoms with Gasteiger partial charge in [0.1, 0.15) is 0 Å². The molecule has 10 heavy (non-hydrogen) atoms. The predicted octanol–water partition coefficient (Wildman–Crippen LogP) is 1.80. The molecule has 0 aliphatic heterocycles. The Hall–Kier alpha value is 0.270. The maximum absolute atomic E-state index is 5.36. The molecule has 0 aromatic carbocycles. The highest BCUT2D eigenvalue weighted by Crippen LogP contribution is 2.25. The van der Waals surface area contributed by atoms with Crippen LogP contribution < -0.4 is 5.73 Å². The SMILES string of the molecule is CC(CN)OSC(C)(C)C. The van der Waals surface area contributed by atoms with Crippen LogP contribution in [0.3, 0.4) is 0 Å². The largest absolute Gasteiger partial charge is 0.328 e. The topological polar surface area (TPSA) is 35.2 Å². The van der Waals surface area contributed by atoms with Gasteiger partial charge in [-0.15, -0.1) is 0 Å². The second-order valence-corrected chi connectivity index (χ2v) is 4.92. The van der Waals surface area contributed by atoms with Crippen molar-refractivity contribution in [3.63, 3.8) is 0 Å². The molecule has 0 radical (unpaired) electrons. The maximum atomic E-state index is 5.36. The van der Waals surface area contributed by atoms with Gasteiger partial charge in [0.05, 0.1) is 6.10 Å². The minimum atomic E-state index is 0.157. The normalized spacial score (nSPS) is 15.3. The quantitative estimate of drug-likeness (QED) is 0.644. The van der Waals surface area contributed by atoms with E-state index in [1.165, 1.54) is 12.0 Å². The third kappa shape index (κ3) is 6.39. The van der Waals surface area contributed by atoms with Gasteiger partial charge >= 0.3 is 0 Å². The van der Waals surface area contributed by atoms with E-state index >= 15 is 0 Å². The van der Waals surface area contributed by atoms with Crippen molar-refractivity contribution >= 4 is 12.0 Å². The summed E-state index contributed by atoms with van der Waals surface area (Å²) >= 11 is 1.49. The molecular formula is C7H17NOS. The molecule has 2 N–H and O–H groups in total. The van der Waals surface area contributed by atoms with Crippen LogP contribution in [-0.4, -0.2) is 17.4 Å². The Balaban J connectivity index is 3.36. The number of hydrogen-bond acceptors (Lipinski definition) is 3. The second-order valence-electron chi connectivity index (χ2n) is 3.34. The number of rotatable bonds is 3. The van der Waals surface area contributed by atoms with Crippen molar-refractivity contribution < 1.29 is 4.18 Å². The summed E-state index contributed by atoms with van der Waals surface area (Å²) in [7, 11) is 0. The standard InChI is InChI=1S/C7H17NOS/c1-6(5-8)9-10-7(2,3)4/h6H,5,8H2,1-4H3. The first-order valence-electron chi connectivity index (χ1n) is 3.50. The van der Waals surface area contributed by atoms with E-state index in [2.05, 4.69) is 20.8 Å². The van der Waals surface area contributed by atoms with Crippen molar-refractivity contribution in [1.82, 2.24) is 0 Å². The van der Waals surface area contributed by atoms with Crippen LogP contribution in [0.25, 0.3) is 0 Å². The lowest BCUT2D eigenvalue weighted by molar-refractivity contribution is 0.269. The van der Waals surface area contributed by atoms with Gasteiger partial charge < -0.3 is 9.92 Å². The number of hydrogen-bond donors (Lipinski definition) is 1. The van der Waals surface area contributed by atoms with Crippen LogP contribution in [0.15, 0.2) is 0 Å². The van der Waals surface area contributed by atoms with Gasteiger partial charge in [-0.05, 0) is 39.7 Å². The van der Waals surface area contributed by atoms with Crippen LogP contribution in [0.2, 0.25) is 0 Å². The van der Waals surface area contributed by atoms with Crippen LogP contribution in [0.5, 0.6) is 0 Å². The summed E-state index contributed by atoms with van der Waals surface area (Å²) in [4.78, 5) is 0. The van der Waals surface area contributed by atoms with Crippen LogP contribution in [0, 0.1) is 0 Å². The fraction of sp³-hybridized carbons (Fsp3) is 1.00. The molecule has 0 bridgehead atoms. The zero-order chi connectivity index (χ0) is 8.20. The minimum absolute atomic E-state index is 0.157. The minimum Gasteiger partial charge on any atom is -0.328 e. The lowest BCUT2D eigenvalue weighted by atomic mass is 10.3. The van der Waals surface area contributed by atoms with Crippen molar-refractivity contribution in [3.05, 3.63) is 0 Å². The van der Waals surface area contributed by atoms with E-state index in [0.29, 0.717) is 6.54 Å². The van der Waals surface area contributed by atoms with Crippen LogP contribution in [0.4, 0.5) is 0 Å². The fourth-order valence-electron chi connectivity index (χ4n) is 0.266. The van der Waals surface area contributed by atoms with Crippen molar-refractivity contribution in [2.45, 2.75) is 38.5 Å². The molecule has 0 heterocycles. The van der Waals surface area contributed by atoms with E-state index in [1.54, 1.807) is 0 Å². The van der Waals surface area contributed by atoms with E-state index in [1.807, 2.05) is 6.92 Å². The summed E-state index contributed by atoms with van der Waals surface area (Å²) in [5.41, 5.74) is 5.36. The molecule has 0 aromatic rings. The molecule has 0 fully saturated rings. The van der Waals surface area contributed by atoms with Crippen molar-refractivity contribution in [2.24, 2.45) is 5.73 Å². The van der Waals surface area contributed by atoms with Gasteiger partial charge in [0, 0.05) is 11.3 Å². The molecular weight excluding hydrogens is 146 g/mol. The van der Waals surface area contributed by atoms with Crippen molar-refractivity contribution in [1.29, 1.82) is 0 Å². The van der Waals surface area contributed by atoms with E-state index in [-0.39, 0.29) is 10.9 Å². The van der Waals surface area contributed by atoms with Gasteiger partial charge in [-0.1, -0.05) is 0 Å². The third-order valence-electron chi connectivity index (χ3n) is 0.794. The molecule has 0 aliphatic rings. The summed E-state index contributed by atoms with van der Waals surface area (Å²) < 4.78 is 5.52. The van der Waals surface area contributed by atoms with Crippen LogP contribution >= 0.6 is 12.0 Å². The zero-order valence-corrected chi connectivity index (χ0v) is 7.99. The average Bonchev–Trinajstić information content (AvgIpc) is 1.81. The Morgan fingerprint density at radius 2 is 2.00 bits per heavy atom. The predicted molar refractivity (Wildman–Crippen MR) is 46.9 cm³/mol. The summed E-state index contributed by atoms with van der Waals surface area (Å²) in [5, 5.41) is 0. The first-order valence-corrected chi connectivity index (χ1v) is 4.24. The lowest BCUT2D eigenvalue weighted by Gasteiger charge is -2.18. The molecule has 1 atom stereocenters. The first kappa shape index (κ1) is 10.3. The van der Waals surface area contributed by atoms with Crippen molar-refractivity contribution in [2.75, 3.05) is 6.54 Å². The highest BCUT2D eigenvalue weighted by Gasteiger charge is 2.13. The van der Waals surface area contributed by atoms with E-state index in [0.717, 1.165) is 0 Å². The molecule has 1 unspecified atom stereocenters. The van der Waals surface area contributed by atoms with E-state index < -0.39 is 0 Å². The third-order valence-corrected chi connectivity index (χ3v) is 1.72. The van der Waals surface area contributed by atoms with Crippen LogP contribution in [-0.2, 0) is 4.18 Å². The zero-order valence-electron chi connectivity index (χ0n) is 7.18. The molecule has 62 valence electrons. The monoisotopic (exact) mass is 163 g/mol. The molecule has 0 rings (SSSR count). The molecule has 0 aliphatic carbocycles. The maximum Gasteiger partial charge on any atom is 0.0816 e. The van der Waals surface area contributed by atoms with E-state index in [9.17, 15) is 0 Å². The van der Waals surface area contributed by atoms with E-state index in [4.69, 9.17) is 9.92 Å². The van der Waals surface area contributed by atoms with Gasteiger partial charge in [-0.3, -0.25) is 0 Å². The Morgan fingerprint density at radius 3 is 2.30 bits per heavy atom. The smallest absolute Gasteiger partial charge is 0.0816 e. The fourth-order valence-corrected chi connectivity index (χ4v) is 0.797. The van der Waals surface area contributed by atoms with Crippen LogP contribution in [0.1, 0.15) is 27.7 Å². The molecule has 0 aromatic heterocycles. The van der Waals surface area contributed by atoms with Gasteiger partial charge in [0.25, 0.3) is 0 Å². The summed E-state index contributed by atoms with van der Waals surface area (Å²) in [6, 6.07) is 0. The average molecular weight is 163 g/mol. The molecule has 3 heteroatoms. The molecule has 0 saturated heterocycles. The first-order chi connectivity index (χ1) is 4.45. The Bertz CT molecular complexity index is 90.1. The summed E-state index contributed by atoms with van der Waals surface area (Å²) in [5.74, 6) is 0. The van der Waals surface area contributed by atoms with Gasteiger partial charge in [0.2, 0.25) is 0 Å². The lowest BCUT2D eigenvalue weighted by Crippen LogP contribution is -2.20. The number of nitrogens with two attached hydrogens (primary N) is 1. The van der Waals surface area contributed by atoms with Gasteiger partial charge in [-0.2, -0.15) is 0 Å². The summed E-state index contributed by atoms with van der Waals surface area (Å²) in [6.07, 6.45) is 0.157. The van der Waals surface area contributed by atoms with Gasteiger partial charge in [-0.25, -0.2) is 0 Å². The molecule has 0 spiro atoms. The van der Waals surface area contributed by atoms with Gasteiger partial charge in [0.15, 0.2) is 0 Å². The summed E-state index contributed by atoms with van der Waals surface area (Å²) in [6.45, 7) is 8.89. The van der Waals surface area contributed by atoms with Crippen molar-refractivity contribution in [3.8, 4) is 0 Å². The Morgan fingerprint density at radius 1 is 1.50 bits per heavy atom. The molecule has 0 saturated carbocycles. The highest BCUT2D eigenvalue weighted by atomic mass is 32.2. The Labute approximate surface area is 67.7 Å². The Kier molecular flexibility index (Phi) is 4.32. The molecule has 0 amide bonds. The molecule has 2 nitrogen and oxygen atoms in total. The second kappa shape index (κ2) is 4.21. The highest BCUT2D eigenvalue weighted by molar-refractivity contribution is 7.96.